The van der Waals surface area contributed by atoms with Crippen molar-refractivity contribution < 1.29 is 14.3 Å². The highest BCUT2D eigenvalue weighted by molar-refractivity contribution is 7.18. The van der Waals surface area contributed by atoms with Gasteiger partial charge in [-0.1, -0.05) is 0 Å². The van der Waals surface area contributed by atoms with Crippen LogP contribution in [0, 0.1) is 13.8 Å². The Morgan fingerprint density at radius 2 is 2.07 bits per heavy atom. The van der Waals surface area contributed by atoms with Gasteiger partial charge in [0, 0.05) is 17.0 Å². The van der Waals surface area contributed by atoms with Crippen LogP contribution in [0.2, 0.25) is 0 Å². The van der Waals surface area contributed by atoms with Gasteiger partial charge in [-0.2, -0.15) is 0 Å². The molecule has 0 fully saturated rings. The number of likely N-dealkylation sites (N-methyl/N-ethyl adjacent to an activating group) is 1. The van der Waals surface area contributed by atoms with Gasteiger partial charge in [0.1, 0.15) is 10.6 Å². The number of nitrogens with zero attached hydrogens (tertiary/aromatic N) is 3. The summed E-state index contributed by atoms with van der Waals surface area (Å²) in [5.74, 6) is 0.195. The lowest BCUT2D eigenvalue weighted by Crippen LogP contribution is -2.38. The van der Waals surface area contributed by atoms with Gasteiger partial charge in [-0.25, -0.2) is 4.98 Å². The Morgan fingerprint density at radius 1 is 1.29 bits per heavy atom. The summed E-state index contributed by atoms with van der Waals surface area (Å²) in [6.07, 6.45) is 1.42. The van der Waals surface area contributed by atoms with Crippen molar-refractivity contribution in [3.63, 3.8) is 0 Å². The van der Waals surface area contributed by atoms with Crippen LogP contribution in [-0.2, 0) is 11.3 Å². The molecule has 7 nitrogen and oxygen atoms in total. The van der Waals surface area contributed by atoms with Gasteiger partial charge in [0.05, 0.1) is 23.9 Å². The van der Waals surface area contributed by atoms with Crippen LogP contribution in [0.5, 0.6) is 5.75 Å². The highest BCUT2D eigenvalue weighted by Crippen LogP contribution is 2.33. The zero-order valence-electron chi connectivity index (χ0n) is 15.8. The number of aryl methyl sites for hydroxylation is 2. The van der Waals surface area contributed by atoms with Crippen molar-refractivity contribution in [3.8, 4) is 5.75 Å². The molecule has 4 rings (SSSR count). The van der Waals surface area contributed by atoms with Crippen LogP contribution in [0.4, 0.5) is 5.69 Å². The Morgan fingerprint density at radius 3 is 2.82 bits per heavy atom. The van der Waals surface area contributed by atoms with Crippen LogP contribution < -0.4 is 15.2 Å². The van der Waals surface area contributed by atoms with E-state index in [1.807, 2.05) is 20.8 Å². The molecule has 8 heteroatoms. The first-order chi connectivity index (χ1) is 13.4. The van der Waals surface area contributed by atoms with Crippen LogP contribution in [0.3, 0.4) is 0 Å². The van der Waals surface area contributed by atoms with Crippen molar-refractivity contribution in [3.05, 3.63) is 50.9 Å². The summed E-state index contributed by atoms with van der Waals surface area (Å²) in [4.78, 5) is 45.3. The second-order valence-electron chi connectivity index (χ2n) is 6.67. The number of benzene rings is 1. The minimum absolute atomic E-state index is 0.00534. The molecule has 0 unspecified atom stereocenters. The number of aromatic nitrogens is 2. The maximum absolute atomic E-state index is 12.8. The SMILES string of the molecule is CCN1C(=O)COc2ccc(C(=O)Cn3cnc4sc(C)c(C)c4c3=O)cc21. The Hall–Kier alpha value is -3.00. The van der Waals surface area contributed by atoms with Gasteiger partial charge < -0.3 is 9.64 Å². The lowest BCUT2D eigenvalue weighted by atomic mass is 10.1. The Balaban J connectivity index is 1.68. The number of Topliss-reactive ketones (excluding diaryl/α,β-unsaturated/α-hetero) is 1. The number of hydrogen-bond donors (Lipinski definition) is 0. The molecule has 0 atom stereocenters. The van der Waals surface area contributed by atoms with E-state index in [2.05, 4.69) is 4.98 Å². The zero-order valence-corrected chi connectivity index (χ0v) is 16.6. The van der Waals surface area contributed by atoms with Gasteiger partial charge >= 0.3 is 0 Å². The quantitative estimate of drug-likeness (QED) is 0.632. The molecule has 0 saturated carbocycles. The second kappa shape index (κ2) is 6.87. The van der Waals surface area contributed by atoms with Crippen LogP contribution in [0.25, 0.3) is 10.2 Å². The summed E-state index contributed by atoms with van der Waals surface area (Å²) in [6.45, 7) is 6.08. The molecule has 0 N–H and O–H groups in total. The first kappa shape index (κ1) is 18.4. The Labute approximate surface area is 165 Å². The molecule has 2 aromatic heterocycles. The molecular formula is C20H19N3O4S. The van der Waals surface area contributed by atoms with Gasteiger partial charge in [-0.3, -0.25) is 19.0 Å². The molecule has 3 aromatic rings. The third kappa shape index (κ3) is 2.90. The van der Waals surface area contributed by atoms with Gasteiger partial charge in [0.15, 0.2) is 12.4 Å². The summed E-state index contributed by atoms with van der Waals surface area (Å²) >= 11 is 1.47. The molecule has 0 aliphatic carbocycles. The third-order valence-electron chi connectivity index (χ3n) is 5.01. The van der Waals surface area contributed by atoms with Crippen molar-refractivity contribution in [2.75, 3.05) is 18.1 Å². The summed E-state index contributed by atoms with van der Waals surface area (Å²) in [5, 5.41) is 0.569. The third-order valence-corrected chi connectivity index (χ3v) is 6.13. The van der Waals surface area contributed by atoms with E-state index in [4.69, 9.17) is 4.74 Å². The van der Waals surface area contributed by atoms with E-state index < -0.39 is 0 Å². The number of ether oxygens (including phenoxy) is 1. The molecule has 0 radical (unpaired) electrons. The molecule has 1 aliphatic heterocycles. The van der Waals surface area contributed by atoms with Gasteiger partial charge in [0.2, 0.25) is 0 Å². The maximum Gasteiger partial charge on any atom is 0.265 e. The van der Waals surface area contributed by atoms with E-state index >= 15 is 0 Å². The molecular weight excluding hydrogens is 378 g/mol. The molecule has 3 heterocycles. The average Bonchev–Trinajstić information content (AvgIpc) is 2.98. The van der Waals surface area contributed by atoms with Crippen molar-refractivity contribution in [2.24, 2.45) is 0 Å². The smallest absolute Gasteiger partial charge is 0.265 e. The first-order valence-corrected chi connectivity index (χ1v) is 9.78. The number of ketones is 1. The fourth-order valence-electron chi connectivity index (χ4n) is 3.35. The number of thiophene rings is 1. The van der Waals surface area contributed by atoms with Crippen LogP contribution >= 0.6 is 11.3 Å². The standard InChI is InChI=1S/C20H19N3O4S/c1-4-23-14-7-13(5-6-16(14)27-9-17(23)25)15(24)8-22-10-21-19-18(20(22)26)11(2)12(3)28-19/h5-7,10H,4,8-9H2,1-3H3. The molecule has 1 amide bonds. The lowest BCUT2D eigenvalue weighted by Gasteiger charge is -2.28. The summed E-state index contributed by atoms with van der Waals surface area (Å²) in [5.41, 5.74) is 1.68. The molecule has 0 spiro atoms. The molecule has 1 aromatic carbocycles. The monoisotopic (exact) mass is 397 g/mol. The topological polar surface area (TPSA) is 81.5 Å². The largest absolute Gasteiger partial charge is 0.482 e. The summed E-state index contributed by atoms with van der Waals surface area (Å²) in [7, 11) is 0. The normalized spacial score (nSPS) is 13.5. The number of carbonyl (C=O) groups is 2. The van der Waals surface area contributed by atoms with E-state index in [-0.39, 0.29) is 30.4 Å². The van der Waals surface area contributed by atoms with Crippen LogP contribution in [0.15, 0.2) is 29.3 Å². The summed E-state index contributed by atoms with van der Waals surface area (Å²) in [6, 6.07) is 4.99. The van der Waals surface area contributed by atoms with E-state index in [9.17, 15) is 14.4 Å². The molecule has 0 saturated heterocycles. The van der Waals surface area contributed by atoms with Crippen molar-refractivity contribution in [2.45, 2.75) is 27.3 Å². The predicted octanol–water partition coefficient (Wildman–Crippen LogP) is 2.70. The van der Waals surface area contributed by atoms with E-state index in [1.165, 1.54) is 22.2 Å². The van der Waals surface area contributed by atoms with Crippen LogP contribution in [0.1, 0.15) is 27.7 Å². The number of anilines is 1. The number of hydrogen-bond acceptors (Lipinski definition) is 6. The predicted molar refractivity (Wildman–Crippen MR) is 108 cm³/mol. The minimum Gasteiger partial charge on any atom is -0.482 e. The van der Waals surface area contributed by atoms with Gasteiger partial charge in [-0.15, -0.1) is 11.3 Å². The number of amides is 1. The zero-order chi connectivity index (χ0) is 20.0. The first-order valence-electron chi connectivity index (χ1n) is 8.96. The van der Waals surface area contributed by atoms with E-state index in [0.29, 0.717) is 33.8 Å². The number of carbonyl (C=O) groups excluding carboxylic acids is 2. The van der Waals surface area contributed by atoms with Crippen molar-refractivity contribution >= 4 is 38.9 Å². The fraction of sp³-hybridized carbons (Fsp3) is 0.300. The second-order valence-corrected chi connectivity index (χ2v) is 7.88. The molecule has 144 valence electrons. The van der Waals surface area contributed by atoms with Crippen molar-refractivity contribution in [1.82, 2.24) is 9.55 Å². The maximum atomic E-state index is 12.8. The lowest BCUT2D eigenvalue weighted by molar-refractivity contribution is -0.121. The minimum atomic E-state index is -0.232. The summed E-state index contributed by atoms with van der Waals surface area (Å²) < 4.78 is 6.77. The van der Waals surface area contributed by atoms with E-state index in [0.717, 1.165) is 10.4 Å². The van der Waals surface area contributed by atoms with Crippen molar-refractivity contribution in [1.29, 1.82) is 0 Å². The van der Waals surface area contributed by atoms with Gasteiger partial charge in [-0.05, 0) is 44.5 Å². The molecule has 1 aliphatic rings. The van der Waals surface area contributed by atoms with Gasteiger partial charge in [0.25, 0.3) is 11.5 Å². The molecule has 28 heavy (non-hydrogen) atoms. The highest BCUT2D eigenvalue weighted by atomic mass is 32.1. The van der Waals surface area contributed by atoms with E-state index in [1.54, 1.807) is 23.1 Å². The number of fused-ring (bicyclic) bond motifs is 2. The highest BCUT2D eigenvalue weighted by Gasteiger charge is 2.25. The Bertz CT molecular complexity index is 1180. The van der Waals surface area contributed by atoms with Crippen LogP contribution in [-0.4, -0.2) is 34.4 Å². The molecule has 0 bridgehead atoms. The Kier molecular flexibility index (Phi) is 4.50. The number of rotatable bonds is 4. The average molecular weight is 397 g/mol. The fourth-order valence-corrected chi connectivity index (χ4v) is 4.34.